The highest BCUT2D eigenvalue weighted by atomic mass is 35.5. The summed E-state index contributed by atoms with van der Waals surface area (Å²) >= 11 is 5.84. The highest BCUT2D eigenvalue weighted by Crippen LogP contribution is 2.26. The number of carbonyl (C=O) groups is 1. The first-order valence-electron chi connectivity index (χ1n) is 8.69. The molecule has 0 spiro atoms. The normalized spacial score (nSPS) is 12.5. The molecule has 0 aliphatic heterocycles. The van der Waals surface area contributed by atoms with E-state index in [0.29, 0.717) is 0 Å². The van der Waals surface area contributed by atoms with Crippen LogP contribution in [0.2, 0.25) is 5.02 Å². The number of rotatable bonds is 6. The summed E-state index contributed by atoms with van der Waals surface area (Å²) in [6, 6.07) is 9.48. The fourth-order valence-corrected chi connectivity index (χ4v) is 2.26. The monoisotopic (exact) mass is 446 g/mol. The third kappa shape index (κ3) is 7.79. The molecule has 5 nitrogen and oxygen atoms in total. The molecule has 0 radical (unpaired) electrons. The van der Waals surface area contributed by atoms with Crippen LogP contribution in [0.4, 0.5) is 17.6 Å². The summed E-state index contributed by atoms with van der Waals surface area (Å²) in [6.45, 7) is 5.07. The van der Waals surface area contributed by atoms with E-state index < -0.39 is 29.4 Å². The molecule has 0 saturated carbocycles. The van der Waals surface area contributed by atoms with Gasteiger partial charge in [0.15, 0.2) is 5.54 Å². The SMILES string of the molecule is CC.CC(C#N)(COc1ccc(F)cc1Cl)NC(=O)c1ccc(OC(F)(F)F)cc1. The van der Waals surface area contributed by atoms with Gasteiger partial charge in [0.1, 0.15) is 23.9 Å². The number of halogens is 5. The Morgan fingerprint density at radius 2 is 1.77 bits per heavy atom. The lowest BCUT2D eigenvalue weighted by atomic mass is 10.1. The van der Waals surface area contributed by atoms with Gasteiger partial charge in [-0.15, -0.1) is 13.2 Å². The second kappa shape index (κ2) is 10.7. The van der Waals surface area contributed by atoms with Crippen molar-refractivity contribution in [2.24, 2.45) is 0 Å². The maximum absolute atomic E-state index is 13.0. The number of carbonyl (C=O) groups excluding carboxylic acids is 1. The number of amides is 1. The highest BCUT2D eigenvalue weighted by molar-refractivity contribution is 6.32. The van der Waals surface area contributed by atoms with Gasteiger partial charge in [0, 0.05) is 5.56 Å². The number of nitrogens with zero attached hydrogens (tertiary/aromatic N) is 1. The van der Waals surface area contributed by atoms with Crippen LogP contribution in [0, 0.1) is 17.1 Å². The van der Waals surface area contributed by atoms with Crippen LogP contribution in [-0.4, -0.2) is 24.4 Å². The molecule has 1 unspecified atom stereocenters. The molecule has 0 heterocycles. The molecular formula is C20H19ClF4N2O3. The maximum atomic E-state index is 13.0. The highest BCUT2D eigenvalue weighted by Gasteiger charge is 2.31. The molecular weight excluding hydrogens is 428 g/mol. The second-order valence-electron chi connectivity index (χ2n) is 5.83. The van der Waals surface area contributed by atoms with Gasteiger partial charge in [-0.1, -0.05) is 25.4 Å². The van der Waals surface area contributed by atoms with Gasteiger partial charge in [-0.05, 0) is 49.4 Å². The fraction of sp³-hybridized carbons (Fsp3) is 0.300. The summed E-state index contributed by atoms with van der Waals surface area (Å²) in [5.74, 6) is -1.64. The number of alkyl halides is 3. The zero-order valence-corrected chi connectivity index (χ0v) is 17.1. The molecule has 1 N–H and O–H groups in total. The average Bonchev–Trinajstić information content (AvgIpc) is 2.68. The molecule has 0 aliphatic carbocycles. The standard InChI is InChI=1S/C18H13ClF4N2O3.C2H6/c1-17(9-24,10-27-15-7-4-12(20)8-14(15)19)25-16(26)11-2-5-13(6-3-11)28-18(21,22)23;1-2/h2-8H,10H2,1H3,(H,25,26);1-2H3. The Kier molecular flexibility index (Phi) is 8.93. The Hall–Kier alpha value is -2.99. The number of benzene rings is 2. The molecule has 0 fully saturated rings. The summed E-state index contributed by atoms with van der Waals surface area (Å²) < 4.78 is 58.6. The summed E-state index contributed by atoms with van der Waals surface area (Å²) in [6.07, 6.45) is -4.85. The van der Waals surface area contributed by atoms with Gasteiger partial charge in [-0.25, -0.2) is 4.39 Å². The van der Waals surface area contributed by atoms with Crippen LogP contribution in [0.1, 0.15) is 31.1 Å². The van der Waals surface area contributed by atoms with Gasteiger partial charge >= 0.3 is 6.36 Å². The Labute approximate surface area is 176 Å². The van der Waals surface area contributed by atoms with Gasteiger partial charge in [0.2, 0.25) is 0 Å². The third-order valence-electron chi connectivity index (χ3n) is 3.40. The van der Waals surface area contributed by atoms with E-state index in [1.807, 2.05) is 19.9 Å². The predicted octanol–water partition coefficient (Wildman–Crippen LogP) is 5.49. The van der Waals surface area contributed by atoms with Crippen molar-refractivity contribution < 1.29 is 31.8 Å². The van der Waals surface area contributed by atoms with E-state index in [1.165, 1.54) is 13.0 Å². The van der Waals surface area contributed by atoms with Gasteiger partial charge in [-0.2, -0.15) is 5.26 Å². The van der Waals surface area contributed by atoms with Crippen molar-refractivity contribution in [2.75, 3.05) is 6.61 Å². The number of nitriles is 1. The van der Waals surface area contributed by atoms with Crippen LogP contribution in [0.25, 0.3) is 0 Å². The summed E-state index contributed by atoms with van der Waals surface area (Å²) in [5, 5.41) is 11.8. The first-order valence-corrected chi connectivity index (χ1v) is 9.06. The van der Waals surface area contributed by atoms with Crippen molar-refractivity contribution in [1.82, 2.24) is 5.32 Å². The quantitative estimate of drug-likeness (QED) is 0.595. The molecule has 2 rings (SSSR count). The van der Waals surface area contributed by atoms with Crippen molar-refractivity contribution in [3.63, 3.8) is 0 Å². The Morgan fingerprint density at radius 1 is 1.17 bits per heavy atom. The number of hydrogen-bond donors (Lipinski definition) is 1. The molecule has 0 bridgehead atoms. The Balaban J connectivity index is 0.00000218. The van der Waals surface area contributed by atoms with Crippen molar-refractivity contribution in [3.05, 3.63) is 58.9 Å². The topological polar surface area (TPSA) is 71.3 Å². The van der Waals surface area contributed by atoms with Gasteiger partial charge < -0.3 is 14.8 Å². The number of nitrogens with one attached hydrogen (secondary N) is 1. The van der Waals surface area contributed by atoms with E-state index >= 15 is 0 Å². The van der Waals surface area contributed by atoms with E-state index in [-0.39, 0.29) is 22.9 Å². The second-order valence-corrected chi connectivity index (χ2v) is 6.24. The molecule has 162 valence electrons. The molecule has 10 heteroatoms. The smallest absolute Gasteiger partial charge is 0.488 e. The van der Waals surface area contributed by atoms with E-state index in [0.717, 1.165) is 36.4 Å². The maximum Gasteiger partial charge on any atom is 0.573 e. The van der Waals surface area contributed by atoms with Crippen molar-refractivity contribution in [2.45, 2.75) is 32.7 Å². The van der Waals surface area contributed by atoms with Crippen LogP contribution in [0.5, 0.6) is 11.5 Å². The summed E-state index contributed by atoms with van der Waals surface area (Å²) in [5.41, 5.74) is -1.48. The summed E-state index contributed by atoms with van der Waals surface area (Å²) in [4.78, 5) is 12.3. The zero-order valence-electron chi connectivity index (χ0n) is 16.3. The van der Waals surface area contributed by atoms with Crippen LogP contribution in [0.15, 0.2) is 42.5 Å². The molecule has 2 aromatic carbocycles. The van der Waals surface area contributed by atoms with Crippen LogP contribution < -0.4 is 14.8 Å². The molecule has 2 aromatic rings. The minimum atomic E-state index is -4.85. The van der Waals surface area contributed by atoms with Crippen molar-refractivity contribution in [1.29, 1.82) is 5.26 Å². The molecule has 0 aliphatic rings. The zero-order chi connectivity index (χ0) is 22.9. The van der Waals surface area contributed by atoms with Crippen molar-refractivity contribution in [3.8, 4) is 17.6 Å². The molecule has 1 amide bonds. The number of ether oxygens (including phenoxy) is 2. The van der Waals surface area contributed by atoms with E-state index in [9.17, 15) is 27.6 Å². The van der Waals surface area contributed by atoms with Gasteiger partial charge in [0.25, 0.3) is 5.91 Å². The minimum absolute atomic E-state index is 0.00753. The molecule has 30 heavy (non-hydrogen) atoms. The van der Waals surface area contributed by atoms with Gasteiger partial charge in [-0.3, -0.25) is 4.79 Å². The van der Waals surface area contributed by atoms with Crippen LogP contribution in [0.3, 0.4) is 0 Å². The molecule has 0 aromatic heterocycles. The first-order chi connectivity index (χ1) is 14.0. The predicted molar refractivity (Wildman–Crippen MR) is 103 cm³/mol. The van der Waals surface area contributed by atoms with E-state index in [4.69, 9.17) is 16.3 Å². The summed E-state index contributed by atoms with van der Waals surface area (Å²) in [7, 11) is 0. The molecule has 0 saturated heterocycles. The lowest BCUT2D eigenvalue weighted by Crippen LogP contribution is -2.49. The van der Waals surface area contributed by atoms with Gasteiger partial charge in [0.05, 0.1) is 11.1 Å². The largest absolute Gasteiger partial charge is 0.573 e. The average molecular weight is 447 g/mol. The van der Waals surface area contributed by atoms with Crippen molar-refractivity contribution >= 4 is 17.5 Å². The third-order valence-corrected chi connectivity index (χ3v) is 3.69. The number of hydrogen-bond acceptors (Lipinski definition) is 4. The molecule has 1 atom stereocenters. The fourth-order valence-electron chi connectivity index (χ4n) is 2.04. The first kappa shape index (κ1) is 25.0. The van der Waals surface area contributed by atoms with Crippen LogP contribution in [-0.2, 0) is 0 Å². The lowest BCUT2D eigenvalue weighted by molar-refractivity contribution is -0.274. The Bertz CT molecular complexity index is 898. The van der Waals surface area contributed by atoms with E-state index in [2.05, 4.69) is 10.1 Å². The van der Waals surface area contributed by atoms with Crippen LogP contribution >= 0.6 is 11.6 Å². The van der Waals surface area contributed by atoms with E-state index in [1.54, 1.807) is 0 Å². The minimum Gasteiger partial charge on any atom is -0.488 e. The lowest BCUT2D eigenvalue weighted by Gasteiger charge is -2.24. The Morgan fingerprint density at radius 3 is 2.27 bits per heavy atom.